The van der Waals surface area contributed by atoms with Gasteiger partial charge in [-0.3, -0.25) is 9.36 Å². The van der Waals surface area contributed by atoms with Crippen LogP contribution in [0.15, 0.2) is 43.4 Å². The molecule has 4 aromatic rings. The van der Waals surface area contributed by atoms with Crippen molar-refractivity contribution >= 4 is 44.7 Å². The Hall–Kier alpha value is -1.97. The summed E-state index contributed by atoms with van der Waals surface area (Å²) in [5.41, 5.74) is -0.0384. The number of hydrogen-bond donors (Lipinski definition) is 0. The Morgan fingerprint density at radius 1 is 1.26 bits per heavy atom. The lowest BCUT2D eigenvalue weighted by Crippen LogP contribution is -2.19. The highest BCUT2D eigenvalue weighted by molar-refractivity contribution is 7.98. The van der Waals surface area contributed by atoms with E-state index in [2.05, 4.69) is 15.1 Å². The summed E-state index contributed by atoms with van der Waals surface area (Å²) in [6, 6.07) is 5.69. The van der Waals surface area contributed by atoms with Gasteiger partial charge in [-0.1, -0.05) is 23.0 Å². The van der Waals surface area contributed by atoms with Crippen LogP contribution >= 0.6 is 34.4 Å². The standard InChI is InChI=1S/C14H10N4O2S3/c1-18-13(19)8-4-6-22-12(8)16-14(18)23-7-10-15-11(17-20-10)9-3-2-5-21-9/h2-6H,7H2,1H3. The number of hydrogen-bond acceptors (Lipinski definition) is 8. The van der Waals surface area contributed by atoms with E-state index >= 15 is 0 Å². The van der Waals surface area contributed by atoms with E-state index in [0.29, 0.717) is 28.0 Å². The van der Waals surface area contributed by atoms with Crippen LogP contribution in [0.2, 0.25) is 0 Å². The van der Waals surface area contributed by atoms with Crippen LogP contribution in [0.4, 0.5) is 0 Å². The zero-order chi connectivity index (χ0) is 15.8. The van der Waals surface area contributed by atoms with Gasteiger partial charge in [0.2, 0.25) is 11.7 Å². The molecule has 0 unspecified atom stereocenters. The highest BCUT2D eigenvalue weighted by Crippen LogP contribution is 2.25. The van der Waals surface area contributed by atoms with Crippen molar-refractivity contribution in [1.82, 2.24) is 19.7 Å². The average molecular weight is 362 g/mol. The minimum absolute atomic E-state index is 0.0384. The fourth-order valence-corrected chi connectivity index (χ4v) is 4.32. The number of rotatable bonds is 4. The van der Waals surface area contributed by atoms with Crippen molar-refractivity contribution in [2.24, 2.45) is 7.05 Å². The van der Waals surface area contributed by atoms with Crippen molar-refractivity contribution in [3.05, 3.63) is 45.2 Å². The Bertz CT molecular complexity index is 1020. The van der Waals surface area contributed by atoms with E-state index in [9.17, 15) is 4.79 Å². The summed E-state index contributed by atoms with van der Waals surface area (Å²) in [6.07, 6.45) is 0. The number of nitrogens with zero attached hydrogens (tertiary/aromatic N) is 4. The van der Waals surface area contributed by atoms with E-state index in [4.69, 9.17) is 4.52 Å². The first-order valence-corrected chi connectivity index (χ1v) is 9.40. The molecule has 0 N–H and O–H groups in total. The Labute approximate surface area is 142 Å². The molecule has 0 saturated heterocycles. The minimum atomic E-state index is -0.0384. The highest BCUT2D eigenvalue weighted by Gasteiger charge is 2.13. The van der Waals surface area contributed by atoms with Crippen molar-refractivity contribution in [3.63, 3.8) is 0 Å². The smallest absolute Gasteiger partial charge is 0.262 e. The summed E-state index contributed by atoms with van der Waals surface area (Å²) in [6.45, 7) is 0. The Morgan fingerprint density at radius 3 is 3.00 bits per heavy atom. The molecule has 0 fully saturated rings. The van der Waals surface area contributed by atoms with E-state index < -0.39 is 0 Å². The third-order valence-corrected chi connectivity index (χ3v) is 5.89. The molecule has 6 nitrogen and oxygen atoms in total. The van der Waals surface area contributed by atoms with E-state index in [1.54, 1.807) is 29.0 Å². The summed E-state index contributed by atoms with van der Waals surface area (Å²) in [5.74, 6) is 1.57. The Kier molecular flexibility index (Phi) is 3.76. The minimum Gasteiger partial charge on any atom is -0.338 e. The number of thiophene rings is 2. The van der Waals surface area contributed by atoms with Crippen LogP contribution in [-0.2, 0) is 12.8 Å². The van der Waals surface area contributed by atoms with E-state index in [1.165, 1.54) is 23.1 Å². The lowest BCUT2D eigenvalue weighted by Gasteiger charge is -2.05. The molecule has 4 heterocycles. The number of fused-ring (bicyclic) bond motifs is 1. The molecular formula is C14H10N4O2S3. The average Bonchev–Trinajstić information content (AvgIpc) is 3.29. The fraction of sp³-hybridized carbons (Fsp3) is 0.143. The Morgan fingerprint density at radius 2 is 2.17 bits per heavy atom. The van der Waals surface area contributed by atoms with Gasteiger partial charge in [-0.05, 0) is 22.9 Å². The van der Waals surface area contributed by atoms with Gasteiger partial charge in [-0.15, -0.1) is 22.7 Å². The van der Waals surface area contributed by atoms with Gasteiger partial charge < -0.3 is 4.52 Å². The third kappa shape index (κ3) is 2.71. The molecule has 116 valence electrons. The molecule has 23 heavy (non-hydrogen) atoms. The van der Waals surface area contributed by atoms with Gasteiger partial charge in [0.25, 0.3) is 5.56 Å². The van der Waals surface area contributed by atoms with Crippen LogP contribution in [0.3, 0.4) is 0 Å². The van der Waals surface area contributed by atoms with Gasteiger partial charge in [0, 0.05) is 7.05 Å². The molecule has 0 atom stereocenters. The molecule has 0 aromatic carbocycles. The van der Waals surface area contributed by atoms with Crippen LogP contribution < -0.4 is 5.56 Å². The first-order valence-electron chi connectivity index (χ1n) is 6.66. The normalized spacial score (nSPS) is 11.3. The number of aromatic nitrogens is 4. The maximum atomic E-state index is 12.2. The van der Waals surface area contributed by atoms with Crippen LogP contribution in [0, 0.1) is 0 Å². The molecule has 0 amide bonds. The largest absolute Gasteiger partial charge is 0.338 e. The molecule has 0 radical (unpaired) electrons. The predicted molar refractivity (Wildman–Crippen MR) is 92.0 cm³/mol. The summed E-state index contributed by atoms with van der Waals surface area (Å²) in [4.78, 5) is 22.9. The van der Waals surface area contributed by atoms with Crippen molar-refractivity contribution in [3.8, 4) is 10.7 Å². The van der Waals surface area contributed by atoms with Gasteiger partial charge in [-0.25, -0.2) is 4.98 Å². The second-order valence-corrected chi connectivity index (χ2v) is 7.46. The van der Waals surface area contributed by atoms with Gasteiger partial charge in [0.05, 0.1) is 16.0 Å². The molecule has 0 saturated carbocycles. The van der Waals surface area contributed by atoms with Crippen LogP contribution in [0.5, 0.6) is 0 Å². The van der Waals surface area contributed by atoms with Crippen LogP contribution in [0.1, 0.15) is 5.89 Å². The van der Waals surface area contributed by atoms with Crippen LogP contribution in [0.25, 0.3) is 20.9 Å². The van der Waals surface area contributed by atoms with Crippen molar-refractivity contribution in [1.29, 1.82) is 0 Å². The molecule has 9 heteroatoms. The highest BCUT2D eigenvalue weighted by atomic mass is 32.2. The zero-order valence-electron chi connectivity index (χ0n) is 11.9. The zero-order valence-corrected chi connectivity index (χ0v) is 14.4. The topological polar surface area (TPSA) is 73.8 Å². The summed E-state index contributed by atoms with van der Waals surface area (Å²) in [7, 11) is 1.72. The summed E-state index contributed by atoms with van der Waals surface area (Å²) >= 11 is 4.43. The monoisotopic (exact) mass is 362 g/mol. The summed E-state index contributed by atoms with van der Waals surface area (Å²) < 4.78 is 6.82. The lowest BCUT2D eigenvalue weighted by atomic mass is 10.4. The maximum absolute atomic E-state index is 12.2. The predicted octanol–water partition coefficient (Wildman–Crippen LogP) is 3.40. The first-order chi connectivity index (χ1) is 11.2. The van der Waals surface area contributed by atoms with Gasteiger partial charge in [-0.2, -0.15) is 4.98 Å². The fourth-order valence-electron chi connectivity index (χ4n) is 2.05. The second kappa shape index (κ2) is 5.91. The second-order valence-electron chi connectivity index (χ2n) is 4.68. The molecule has 4 aromatic heterocycles. The van der Waals surface area contributed by atoms with Gasteiger partial charge >= 0.3 is 0 Å². The summed E-state index contributed by atoms with van der Waals surface area (Å²) in [5, 5.41) is 9.11. The maximum Gasteiger partial charge on any atom is 0.262 e. The first kappa shape index (κ1) is 14.6. The number of thioether (sulfide) groups is 1. The van der Waals surface area contributed by atoms with E-state index in [1.807, 2.05) is 22.9 Å². The molecule has 4 rings (SSSR count). The molecule has 0 aliphatic rings. The SMILES string of the molecule is Cn1c(SCc2nc(-c3cccs3)no2)nc2sccc2c1=O. The molecule has 0 bridgehead atoms. The van der Waals surface area contributed by atoms with E-state index in [0.717, 1.165) is 9.71 Å². The Balaban J connectivity index is 1.57. The quantitative estimate of drug-likeness (QED) is 0.409. The van der Waals surface area contributed by atoms with Crippen molar-refractivity contribution < 1.29 is 4.52 Å². The van der Waals surface area contributed by atoms with Gasteiger partial charge in [0.1, 0.15) is 4.83 Å². The van der Waals surface area contributed by atoms with Gasteiger partial charge in [0.15, 0.2) is 5.16 Å². The molecular weight excluding hydrogens is 352 g/mol. The molecule has 0 aliphatic carbocycles. The van der Waals surface area contributed by atoms with E-state index in [-0.39, 0.29) is 5.56 Å². The van der Waals surface area contributed by atoms with Crippen molar-refractivity contribution in [2.45, 2.75) is 10.9 Å². The third-order valence-electron chi connectivity index (χ3n) is 3.20. The van der Waals surface area contributed by atoms with Crippen molar-refractivity contribution in [2.75, 3.05) is 0 Å². The van der Waals surface area contributed by atoms with Crippen LogP contribution in [-0.4, -0.2) is 19.7 Å². The lowest BCUT2D eigenvalue weighted by molar-refractivity contribution is 0.391. The molecule has 0 spiro atoms. The molecule has 0 aliphatic heterocycles.